The van der Waals surface area contributed by atoms with Gasteiger partial charge in [-0.3, -0.25) is 0 Å². The predicted octanol–water partition coefficient (Wildman–Crippen LogP) is 3.82. The lowest BCUT2D eigenvalue weighted by Gasteiger charge is -2.12. The second kappa shape index (κ2) is 4.33. The van der Waals surface area contributed by atoms with E-state index in [-0.39, 0.29) is 16.3 Å². The Bertz CT molecular complexity index is 526. The molecule has 0 bridgehead atoms. The number of nitrogens with zero attached hydrogens (tertiary/aromatic N) is 2. The maximum atomic E-state index is 12.8. The van der Waals surface area contributed by atoms with E-state index in [0.29, 0.717) is 0 Å². The van der Waals surface area contributed by atoms with Gasteiger partial charge in [-0.25, -0.2) is 9.97 Å². The fourth-order valence-electron chi connectivity index (χ4n) is 1.43. The summed E-state index contributed by atoms with van der Waals surface area (Å²) >= 11 is 5.71. The highest BCUT2D eigenvalue weighted by Crippen LogP contribution is 2.37. The molecule has 2 nitrogen and oxygen atoms in total. The van der Waals surface area contributed by atoms with E-state index in [1.807, 2.05) is 0 Å². The average Bonchev–Trinajstić information content (AvgIpc) is 2.28. The zero-order valence-electron chi connectivity index (χ0n) is 8.37. The number of aromatic nitrogens is 2. The third kappa shape index (κ3) is 2.55. The lowest BCUT2D eigenvalue weighted by atomic mass is 10.0. The van der Waals surface area contributed by atoms with Crippen LogP contribution in [0.15, 0.2) is 36.8 Å². The van der Waals surface area contributed by atoms with E-state index in [9.17, 15) is 13.2 Å². The largest absolute Gasteiger partial charge is 0.417 e. The zero-order valence-corrected chi connectivity index (χ0v) is 9.13. The van der Waals surface area contributed by atoms with Crippen LogP contribution in [-0.2, 0) is 6.18 Å². The minimum absolute atomic E-state index is 0.0487. The average molecular weight is 259 g/mol. The van der Waals surface area contributed by atoms with Gasteiger partial charge in [-0.05, 0) is 24.3 Å². The maximum absolute atomic E-state index is 12.8. The summed E-state index contributed by atoms with van der Waals surface area (Å²) in [6, 6.07) is 4.79. The van der Waals surface area contributed by atoms with Crippen molar-refractivity contribution in [2.75, 3.05) is 0 Å². The molecular weight excluding hydrogens is 253 g/mol. The summed E-state index contributed by atoms with van der Waals surface area (Å²) < 4.78 is 38.3. The van der Waals surface area contributed by atoms with Crippen molar-refractivity contribution in [2.24, 2.45) is 0 Å². The Morgan fingerprint density at radius 1 is 1.12 bits per heavy atom. The molecular formula is C11H6ClF3N2. The van der Waals surface area contributed by atoms with E-state index in [0.717, 1.165) is 6.07 Å². The highest BCUT2D eigenvalue weighted by Gasteiger charge is 2.33. The SMILES string of the molecule is FC(F)(F)c1ccc(Cl)cc1-c1ccncn1. The number of rotatable bonds is 1. The summed E-state index contributed by atoms with van der Waals surface area (Å²) in [4.78, 5) is 7.45. The lowest BCUT2D eigenvalue weighted by molar-refractivity contribution is -0.137. The van der Waals surface area contributed by atoms with Gasteiger partial charge < -0.3 is 0 Å². The summed E-state index contributed by atoms with van der Waals surface area (Å²) in [5.41, 5.74) is -0.622. The first-order chi connectivity index (χ1) is 7.98. The van der Waals surface area contributed by atoms with Crippen LogP contribution < -0.4 is 0 Å². The maximum Gasteiger partial charge on any atom is 0.417 e. The summed E-state index contributed by atoms with van der Waals surface area (Å²) in [5, 5.41) is 0.228. The van der Waals surface area contributed by atoms with Crippen LogP contribution in [0.4, 0.5) is 13.2 Å². The van der Waals surface area contributed by atoms with Crippen molar-refractivity contribution in [3.05, 3.63) is 47.4 Å². The van der Waals surface area contributed by atoms with Crippen LogP contribution in [0.2, 0.25) is 5.02 Å². The number of alkyl halides is 3. The molecule has 0 radical (unpaired) electrons. The molecule has 2 aromatic rings. The quantitative estimate of drug-likeness (QED) is 0.777. The molecule has 1 aromatic carbocycles. The highest BCUT2D eigenvalue weighted by atomic mass is 35.5. The van der Waals surface area contributed by atoms with Gasteiger partial charge in [-0.2, -0.15) is 13.2 Å². The highest BCUT2D eigenvalue weighted by molar-refractivity contribution is 6.30. The van der Waals surface area contributed by atoms with E-state index in [1.54, 1.807) is 0 Å². The van der Waals surface area contributed by atoms with Gasteiger partial charge in [0.25, 0.3) is 0 Å². The molecule has 0 saturated carbocycles. The van der Waals surface area contributed by atoms with E-state index in [1.165, 1.54) is 30.7 Å². The molecule has 0 aliphatic rings. The Morgan fingerprint density at radius 2 is 1.88 bits per heavy atom. The Hall–Kier alpha value is -1.62. The molecule has 17 heavy (non-hydrogen) atoms. The van der Waals surface area contributed by atoms with E-state index in [4.69, 9.17) is 11.6 Å². The van der Waals surface area contributed by atoms with Crippen molar-refractivity contribution < 1.29 is 13.2 Å². The van der Waals surface area contributed by atoms with Crippen LogP contribution in [0.1, 0.15) is 5.56 Å². The molecule has 0 atom stereocenters. The monoisotopic (exact) mass is 258 g/mol. The van der Waals surface area contributed by atoms with Gasteiger partial charge in [0.2, 0.25) is 0 Å². The fraction of sp³-hybridized carbons (Fsp3) is 0.0909. The van der Waals surface area contributed by atoms with Crippen LogP contribution in [0.3, 0.4) is 0 Å². The van der Waals surface area contributed by atoms with Gasteiger partial charge in [0.05, 0.1) is 11.3 Å². The Labute approximate surface area is 100 Å². The second-order valence-corrected chi connectivity index (χ2v) is 3.72. The summed E-state index contributed by atoms with van der Waals surface area (Å²) in [7, 11) is 0. The van der Waals surface area contributed by atoms with Gasteiger partial charge in [-0.1, -0.05) is 11.6 Å². The molecule has 6 heteroatoms. The molecule has 0 saturated heterocycles. The van der Waals surface area contributed by atoms with Crippen LogP contribution in [-0.4, -0.2) is 9.97 Å². The molecule has 0 unspecified atom stereocenters. The van der Waals surface area contributed by atoms with Crippen molar-refractivity contribution in [3.63, 3.8) is 0 Å². The minimum atomic E-state index is -4.44. The van der Waals surface area contributed by atoms with Gasteiger partial charge in [0.1, 0.15) is 6.33 Å². The molecule has 0 N–H and O–H groups in total. The van der Waals surface area contributed by atoms with Gasteiger partial charge >= 0.3 is 6.18 Å². The smallest absolute Gasteiger partial charge is 0.245 e. The topological polar surface area (TPSA) is 25.8 Å². The molecule has 0 aliphatic carbocycles. The molecule has 1 aromatic heterocycles. The summed E-state index contributed by atoms with van der Waals surface area (Å²) in [6.45, 7) is 0. The fourth-order valence-corrected chi connectivity index (χ4v) is 1.60. The van der Waals surface area contributed by atoms with Crippen molar-refractivity contribution in [1.82, 2.24) is 9.97 Å². The standard InChI is InChI=1S/C11H6ClF3N2/c12-7-1-2-9(11(13,14)15)8(5-7)10-3-4-16-6-17-10/h1-6H. The molecule has 0 aliphatic heterocycles. The summed E-state index contributed by atoms with van der Waals surface area (Å²) in [6.07, 6.45) is -1.87. The first-order valence-electron chi connectivity index (χ1n) is 4.61. The van der Waals surface area contributed by atoms with E-state index < -0.39 is 11.7 Å². The number of benzene rings is 1. The molecule has 0 spiro atoms. The first kappa shape index (κ1) is 11.9. The Kier molecular flexibility index (Phi) is 3.02. The first-order valence-corrected chi connectivity index (χ1v) is 4.99. The number of hydrogen-bond donors (Lipinski definition) is 0. The van der Waals surface area contributed by atoms with Gasteiger partial charge in [-0.15, -0.1) is 0 Å². The van der Waals surface area contributed by atoms with Gasteiger partial charge in [0, 0.05) is 16.8 Å². The predicted molar refractivity (Wildman–Crippen MR) is 57.5 cm³/mol. The van der Waals surface area contributed by atoms with Crippen molar-refractivity contribution >= 4 is 11.6 Å². The van der Waals surface area contributed by atoms with Crippen LogP contribution in [0.25, 0.3) is 11.3 Å². The van der Waals surface area contributed by atoms with E-state index in [2.05, 4.69) is 9.97 Å². The minimum Gasteiger partial charge on any atom is -0.245 e. The second-order valence-electron chi connectivity index (χ2n) is 3.28. The number of hydrogen-bond acceptors (Lipinski definition) is 2. The zero-order chi connectivity index (χ0) is 12.5. The molecule has 0 fully saturated rings. The van der Waals surface area contributed by atoms with Crippen molar-refractivity contribution in [3.8, 4) is 11.3 Å². The number of halogens is 4. The Morgan fingerprint density at radius 3 is 2.47 bits per heavy atom. The van der Waals surface area contributed by atoms with Crippen LogP contribution >= 0.6 is 11.6 Å². The van der Waals surface area contributed by atoms with Crippen molar-refractivity contribution in [2.45, 2.75) is 6.18 Å². The lowest BCUT2D eigenvalue weighted by Crippen LogP contribution is -2.07. The molecule has 88 valence electrons. The third-order valence-electron chi connectivity index (χ3n) is 2.14. The molecule has 2 rings (SSSR count). The molecule has 1 heterocycles. The third-order valence-corrected chi connectivity index (χ3v) is 2.38. The normalized spacial score (nSPS) is 11.5. The van der Waals surface area contributed by atoms with Gasteiger partial charge in [0.15, 0.2) is 0 Å². The summed E-state index contributed by atoms with van der Waals surface area (Å²) in [5.74, 6) is 0. The molecule has 0 amide bonds. The van der Waals surface area contributed by atoms with Crippen LogP contribution in [0, 0.1) is 0 Å². The Balaban J connectivity index is 2.64. The van der Waals surface area contributed by atoms with Crippen molar-refractivity contribution in [1.29, 1.82) is 0 Å². The van der Waals surface area contributed by atoms with Crippen LogP contribution in [0.5, 0.6) is 0 Å². The van der Waals surface area contributed by atoms with E-state index >= 15 is 0 Å².